The molecule has 1 rings (SSSR count). The first-order chi connectivity index (χ1) is 9.85. The molecule has 1 saturated carbocycles. The standard InChI is InChI=1S/C17H28O4/c1-6-20-15(18)13(16(19)21-7-2)14-12(3)10-8-9-11-17(14,4)5/h12H,6-11H2,1-5H3. The maximum absolute atomic E-state index is 12.3. The average Bonchev–Trinajstić information content (AvgIpc) is 2.52. The van der Waals surface area contributed by atoms with E-state index in [9.17, 15) is 9.59 Å². The third-order valence-corrected chi connectivity index (χ3v) is 4.14. The number of ether oxygens (including phenoxy) is 2. The Balaban J connectivity index is 3.39. The number of allylic oxidation sites excluding steroid dienone is 1. The maximum atomic E-state index is 12.3. The fourth-order valence-electron chi connectivity index (χ4n) is 3.26. The minimum absolute atomic E-state index is 0.123. The summed E-state index contributed by atoms with van der Waals surface area (Å²) in [6.45, 7) is 10.3. The maximum Gasteiger partial charge on any atom is 0.345 e. The number of carbonyl (C=O) groups excluding carboxylic acids is 2. The Morgan fingerprint density at radius 2 is 1.62 bits per heavy atom. The van der Waals surface area contributed by atoms with Crippen molar-refractivity contribution in [1.82, 2.24) is 0 Å². The minimum Gasteiger partial charge on any atom is -0.462 e. The monoisotopic (exact) mass is 296 g/mol. The first kappa shape index (κ1) is 17.7. The summed E-state index contributed by atoms with van der Waals surface area (Å²) >= 11 is 0. The van der Waals surface area contributed by atoms with E-state index in [1.54, 1.807) is 13.8 Å². The summed E-state index contributed by atoms with van der Waals surface area (Å²) in [5, 5.41) is 0. The molecule has 0 aromatic carbocycles. The predicted molar refractivity (Wildman–Crippen MR) is 81.7 cm³/mol. The quantitative estimate of drug-likeness (QED) is 0.261. The lowest BCUT2D eigenvalue weighted by molar-refractivity contribution is -0.146. The van der Waals surface area contributed by atoms with Crippen molar-refractivity contribution in [3.8, 4) is 0 Å². The van der Waals surface area contributed by atoms with Crippen LogP contribution in [0.3, 0.4) is 0 Å². The molecule has 1 fully saturated rings. The molecule has 0 aromatic rings. The Bertz CT molecular complexity index is 401. The fourth-order valence-corrected chi connectivity index (χ4v) is 3.26. The van der Waals surface area contributed by atoms with Crippen LogP contribution in [0, 0.1) is 11.3 Å². The molecule has 1 atom stereocenters. The Labute approximate surface area is 127 Å². The summed E-state index contributed by atoms with van der Waals surface area (Å²) in [6.07, 6.45) is 4.18. The van der Waals surface area contributed by atoms with Crippen LogP contribution in [-0.2, 0) is 19.1 Å². The van der Waals surface area contributed by atoms with Gasteiger partial charge in [0.15, 0.2) is 0 Å². The molecule has 0 N–H and O–H groups in total. The second-order valence-corrected chi connectivity index (χ2v) is 6.26. The summed E-state index contributed by atoms with van der Waals surface area (Å²) < 4.78 is 10.2. The number of hydrogen-bond acceptors (Lipinski definition) is 4. The van der Waals surface area contributed by atoms with Gasteiger partial charge in [-0.3, -0.25) is 0 Å². The number of hydrogen-bond donors (Lipinski definition) is 0. The first-order valence-corrected chi connectivity index (χ1v) is 7.94. The topological polar surface area (TPSA) is 52.6 Å². The average molecular weight is 296 g/mol. The van der Waals surface area contributed by atoms with Gasteiger partial charge in [-0.2, -0.15) is 0 Å². The van der Waals surface area contributed by atoms with Crippen molar-refractivity contribution in [3.05, 3.63) is 11.1 Å². The van der Waals surface area contributed by atoms with Crippen molar-refractivity contribution in [2.24, 2.45) is 11.3 Å². The zero-order valence-corrected chi connectivity index (χ0v) is 14.0. The second kappa shape index (κ2) is 7.62. The van der Waals surface area contributed by atoms with Gasteiger partial charge in [0.25, 0.3) is 0 Å². The minimum atomic E-state index is -0.548. The van der Waals surface area contributed by atoms with Crippen molar-refractivity contribution in [1.29, 1.82) is 0 Å². The molecule has 4 nitrogen and oxygen atoms in total. The van der Waals surface area contributed by atoms with Gasteiger partial charge in [0.2, 0.25) is 0 Å². The Morgan fingerprint density at radius 1 is 1.10 bits per heavy atom. The van der Waals surface area contributed by atoms with Gasteiger partial charge in [0, 0.05) is 0 Å². The van der Waals surface area contributed by atoms with Crippen LogP contribution in [-0.4, -0.2) is 25.2 Å². The molecule has 1 aliphatic carbocycles. The van der Waals surface area contributed by atoms with Gasteiger partial charge in [0.05, 0.1) is 13.2 Å². The fraction of sp³-hybridized carbons (Fsp3) is 0.765. The summed E-state index contributed by atoms with van der Waals surface area (Å²) in [6, 6.07) is 0. The summed E-state index contributed by atoms with van der Waals surface area (Å²) in [5.74, 6) is -0.910. The Hall–Kier alpha value is -1.32. The van der Waals surface area contributed by atoms with Crippen LogP contribution >= 0.6 is 0 Å². The molecular weight excluding hydrogens is 268 g/mol. The molecule has 1 aliphatic rings. The lowest BCUT2D eigenvalue weighted by Gasteiger charge is -2.31. The SMILES string of the molecule is CCOC(=O)C(C(=O)OCC)=C1C(C)CCCCC1(C)C. The normalized spacial score (nSPS) is 21.4. The van der Waals surface area contributed by atoms with E-state index in [-0.39, 0.29) is 30.1 Å². The van der Waals surface area contributed by atoms with E-state index in [0.29, 0.717) is 0 Å². The number of rotatable bonds is 4. The Kier molecular flexibility index (Phi) is 6.43. The van der Waals surface area contributed by atoms with E-state index in [4.69, 9.17) is 9.47 Å². The van der Waals surface area contributed by atoms with Crippen molar-refractivity contribution in [2.45, 2.75) is 60.3 Å². The highest BCUT2D eigenvalue weighted by molar-refractivity contribution is 6.15. The molecule has 0 spiro atoms. The molecule has 0 aliphatic heterocycles. The lowest BCUT2D eigenvalue weighted by atomic mass is 9.74. The molecule has 0 heterocycles. The second-order valence-electron chi connectivity index (χ2n) is 6.26. The molecule has 0 radical (unpaired) electrons. The highest BCUT2D eigenvalue weighted by Crippen LogP contribution is 2.43. The molecule has 4 heteroatoms. The molecule has 0 saturated heterocycles. The van der Waals surface area contributed by atoms with Gasteiger partial charge in [-0.15, -0.1) is 0 Å². The highest BCUT2D eigenvalue weighted by atomic mass is 16.6. The van der Waals surface area contributed by atoms with Crippen LogP contribution in [0.2, 0.25) is 0 Å². The van der Waals surface area contributed by atoms with Crippen molar-refractivity contribution < 1.29 is 19.1 Å². The molecule has 0 amide bonds. The van der Waals surface area contributed by atoms with E-state index < -0.39 is 11.9 Å². The molecule has 0 bridgehead atoms. The zero-order chi connectivity index (χ0) is 16.0. The zero-order valence-electron chi connectivity index (χ0n) is 14.0. The third-order valence-electron chi connectivity index (χ3n) is 4.14. The third kappa shape index (κ3) is 4.32. The van der Waals surface area contributed by atoms with Gasteiger partial charge < -0.3 is 9.47 Å². The number of esters is 2. The van der Waals surface area contributed by atoms with E-state index in [1.165, 1.54) is 0 Å². The molecule has 1 unspecified atom stereocenters. The largest absolute Gasteiger partial charge is 0.462 e. The van der Waals surface area contributed by atoms with Gasteiger partial charge in [-0.25, -0.2) is 9.59 Å². The van der Waals surface area contributed by atoms with Crippen LogP contribution in [0.15, 0.2) is 11.1 Å². The van der Waals surface area contributed by atoms with E-state index in [1.807, 2.05) is 0 Å². The Morgan fingerprint density at radius 3 is 2.10 bits per heavy atom. The molecular formula is C17H28O4. The van der Waals surface area contributed by atoms with Gasteiger partial charge in [-0.05, 0) is 43.6 Å². The van der Waals surface area contributed by atoms with Crippen LogP contribution in [0.25, 0.3) is 0 Å². The van der Waals surface area contributed by atoms with E-state index in [0.717, 1.165) is 31.3 Å². The first-order valence-electron chi connectivity index (χ1n) is 7.94. The van der Waals surface area contributed by atoms with Crippen LogP contribution in [0.4, 0.5) is 0 Å². The summed E-state index contributed by atoms with van der Waals surface area (Å²) in [4.78, 5) is 24.6. The van der Waals surface area contributed by atoms with Gasteiger partial charge in [-0.1, -0.05) is 33.6 Å². The highest BCUT2D eigenvalue weighted by Gasteiger charge is 2.37. The summed E-state index contributed by atoms with van der Waals surface area (Å²) in [7, 11) is 0. The molecule has 21 heavy (non-hydrogen) atoms. The van der Waals surface area contributed by atoms with Crippen molar-refractivity contribution >= 4 is 11.9 Å². The molecule has 120 valence electrons. The number of carbonyl (C=O) groups is 2. The van der Waals surface area contributed by atoms with E-state index >= 15 is 0 Å². The lowest BCUT2D eigenvalue weighted by Crippen LogP contribution is -2.28. The van der Waals surface area contributed by atoms with Crippen LogP contribution in [0.1, 0.15) is 60.3 Å². The summed E-state index contributed by atoms with van der Waals surface area (Å²) in [5.41, 5.74) is 0.833. The predicted octanol–water partition coefficient (Wildman–Crippen LogP) is 3.65. The van der Waals surface area contributed by atoms with Crippen LogP contribution in [0.5, 0.6) is 0 Å². The van der Waals surface area contributed by atoms with Gasteiger partial charge in [0.1, 0.15) is 5.57 Å². The van der Waals surface area contributed by atoms with Crippen molar-refractivity contribution in [2.75, 3.05) is 13.2 Å². The van der Waals surface area contributed by atoms with Gasteiger partial charge >= 0.3 is 11.9 Å². The van der Waals surface area contributed by atoms with Crippen molar-refractivity contribution in [3.63, 3.8) is 0 Å². The van der Waals surface area contributed by atoms with Crippen LogP contribution < -0.4 is 0 Å². The van der Waals surface area contributed by atoms with E-state index in [2.05, 4.69) is 20.8 Å². The molecule has 0 aromatic heterocycles. The smallest absolute Gasteiger partial charge is 0.345 e.